The Balaban J connectivity index is 2.87. The van der Waals surface area contributed by atoms with Crippen LogP contribution in [0.15, 0.2) is 0 Å². The van der Waals surface area contributed by atoms with E-state index in [0.29, 0.717) is 25.2 Å². The first-order valence-electron chi connectivity index (χ1n) is 9.67. The molecule has 0 amide bonds. The van der Waals surface area contributed by atoms with Crippen molar-refractivity contribution < 1.29 is 19.8 Å². The molecule has 0 aromatic heterocycles. The third-order valence-electron chi connectivity index (χ3n) is 6.19. The molecule has 24 heavy (non-hydrogen) atoms. The Hall–Kier alpha value is -1.06. The molecule has 2 N–H and O–H groups in total. The van der Waals surface area contributed by atoms with E-state index >= 15 is 0 Å². The van der Waals surface area contributed by atoms with Crippen molar-refractivity contribution >= 4 is 11.9 Å². The average Bonchev–Trinajstić information content (AvgIpc) is 2.49. The van der Waals surface area contributed by atoms with Gasteiger partial charge in [-0.3, -0.25) is 9.59 Å². The lowest BCUT2D eigenvalue weighted by molar-refractivity contribution is -0.187. The summed E-state index contributed by atoms with van der Waals surface area (Å²) in [6.45, 7) is 8.18. The zero-order valence-electron chi connectivity index (χ0n) is 15.9. The largest absolute Gasteiger partial charge is 0.481 e. The molecule has 0 aromatic rings. The molecule has 4 nitrogen and oxygen atoms in total. The van der Waals surface area contributed by atoms with Gasteiger partial charge in [-0.05, 0) is 31.1 Å². The average molecular weight is 341 g/mol. The van der Waals surface area contributed by atoms with Crippen molar-refractivity contribution in [3.8, 4) is 0 Å². The third kappa shape index (κ3) is 4.12. The van der Waals surface area contributed by atoms with Crippen LogP contribution in [0.3, 0.4) is 0 Å². The summed E-state index contributed by atoms with van der Waals surface area (Å²) in [7, 11) is 0. The monoisotopic (exact) mass is 340 g/mol. The van der Waals surface area contributed by atoms with Gasteiger partial charge in [0, 0.05) is 0 Å². The van der Waals surface area contributed by atoms with E-state index in [-0.39, 0.29) is 5.92 Å². The van der Waals surface area contributed by atoms with E-state index < -0.39 is 22.8 Å². The fourth-order valence-electron chi connectivity index (χ4n) is 4.78. The highest BCUT2D eigenvalue weighted by Gasteiger charge is 2.63. The normalized spacial score (nSPS) is 27.6. The Bertz CT molecular complexity index is 429. The molecule has 4 heteroatoms. The van der Waals surface area contributed by atoms with Crippen LogP contribution in [0.2, 0.25) is 0 Å². The highest BCUT2D eigenvalue weighted by molar-refractivity contribution is 5.87. The van der Waals surface area contributed by atoms with Crippen molar-refractivity contribution in [3.63, 3.8) is 0 Å². The molecule has 1 saturated carbocycles. The Morgan fingerprint density at radius 1 is 0.875 bits per heavy atom. The van der Waals surface area contributed by atoms with Crippen molar-refractivity contribution in [2.45, 2.75) is 91.9 Å². The van der Waals surface area contributed by atoms with Crippen molar-refractivity contribution in [2.75, 3.05) is 0 Å². The van der Waals surface area contributed by atoms with Crippen LogP contribution >= 0.6 is 0 Å². The molecule has 1 aliphatic carbocycles. The van der Waals surface area contributed by atoms with E-state index in [1.54, 1.807) is 0 Å². The van der Waals surface area contributed by atoms with Gasteiger partial charge in [0.2, 0.25) is 0 Å². The molecule has 0 spiro atoms. The second kappa shape index (κ2) is 8.87. The Morgan fingerprint density at radius 2 is 1.46 bits per heavy atom. The maximum absolute atomic E-state index is 12.2. The molecule has 140 valence electrons. The van der Waals surface area contributed by atoms with E-state index in [2.05, 4.69) is 13.8 Å². The van der Waals surface area contributed by atoms with Crippen LogP contribution in [-0.4, -0.2) is 22.2 Å². The van der Waals surface area contributed by atoms with Gasteiger partial charge < -0.3 is 10.2 Å². The van der Waals surface area contributed by atoms with Crippen LogP contribution in [0.5, 0.6) is 0 Å². The first-order chi connectivity index (χ1) is 11.2. The van der Waals surface area contributed by atoms with E-state index in [9.17, 15) is 19.8 Å². The molecular weight excluding hydrogens is 304 g/mol. The molecule has 2 atom stereocenters. The fraction of sp³-hybridized carbons (Fsp3) is 0.900. The first kappa shape index (κ1) is 21.0. The third-order valence-corrected chi connectivity index (χ3v) is 6.19. The second-order valence-electron chi connectivity index (χ2n) is 8.37. The smallest absolute Gasteiger partial charge is 0.311 e. The molecule has 0 radical (unpaired) electrons. The van der Waals surface area contributed by atoms with E-state index in [4.69, 9.17) is 0 Å². The van der Waals surface area contributed by atoms with Gasteiger partial charge in [-0.2, -0.15) is 0 Å². The summed E-state index contributed by atoms with van der Waals surface area (Å²) in [4.78, 5) is 24.4. The van der Waals surface area contributed by atoms with Gasteiger partial charge in [0.25, 0.3) is 0 Å². The van der Waals surface area contributed by atoms with E-state index in [0.717, 1.165) is 32.1 Å². The molecule has 0 heterocycles. The molecule has 1 aliphatic rings. The zero-order valence-corrected chi connectivity index (χ0v) is 15.9. The zero-order chi connectivity index (χ0) is 18.4. The Morgan fingerprint density at radius 3 is 1.96 bits per heavy atom. The Kier molecular flexibility index (Phi) is 7.75. The van der Waals surface area contributed by atoms with Crippen LogP contribution in [-0.2, 0) is 9.59 Å². The molecule has 2 unspecified atom stereocenters. The first-order valence-corrected chi connectivity index (χ1v) is 9.67. The van der Waals surface area contributed by atoms with Gasteiger partial charge in [-0.1, -0.05) is 72.6 Å². The summed E-state index contributed by atoms with van der Waals surface area (Å²) in [6, 6.07) is 0. The Labute approximate surface area is 147 Å². The van der Waals surface area contributed by atoms with Crippen molar-refractivity contribution in [1.29, 1.82) is 0 Å². The number of carboxylic acid groups (broad SMARTS) is 2. The molecule has 0 saturated heterocycles. The van der Waals surface area contributed by atoms with E-state index in [1.165, 1.54) is 12.8 Å². The van der Waals surface area contributed by atoms with Crippen molar-refractivity contribution in [2.24, 2.45) is 22.7 Å². The van der Waals surface area contributed by atoms with Crippen LogP contribution < -0.4 is 0 Å². The molecule has 0 bridgehead atoms. The van der Waals surface area contributed by atoms with Crippen molar-refractivity contribution in [3.05, 3.63) is 0 Å². The van der Waals surface area contributed by atoms with Gasteiger partial charge in [-0.25, -0.2) is 0 Å². The molecular formula is C20H36O4. The number of aliphatic carboxylic acids is 2. The number of rotatable bonds is 10. The maximum atomic E-state index is 12.2. The topological polar surface area (TPSA) is 74.6 Å². The highest BCUT2D eigenvalue weighted by atomic mass is 16.4. The summed E-state index contributed by atoms with van der Waals surface area (Å²) < 4.78 is 0. The van der Waals surface area contributed by atoms with Gasteiger partial charge in [-0.15, -0.1) is 0 Å². The summed E-state index contributed by atoms with van der Waals surface area (Å²) in [5, 5.41) is 20.0. The van der Waals surface area contributed by atoms with E-state index in [1.807, 2.05) is 13.8 Å². The predicted octanol–water partition coefficient (Wildman–Crippen LogP) is 5.36. The standard InChI is InChI=1S/C20H36O4/c1-15(2)11-7-5-6-8-12-19(17(21)22)13-9-10-14-20(19,16(3)4)18(23)24/h15-16H,5-14H2,1-4H3,(H,21,22)(H,23,24). The summed E-state index contributed by atoms with van der Waals surface area (Å²) in [5.74, 6) is -1.29. The lowest BCUT2D eigenvalue weighted by atomic mass is 9.50. The number of hydrogen-bond donors (Lipinski definition) is 2. The van der Waals surface area contributed by atoms with Gasteiger partial charge in [0.05, 0.1) is 10.8 Å². The van der Waals surface area contributed by atoms with Crippen LogP contribution in [0.1, 0.15) is 91.9 Å². The minimum Gasteiger partial charge on any atom is -0.481 e. The highest BCUT2D eigenvalue weighted by Crippen LogP contribution is 2.58. The quantitative estimate of drug-likeness (QED) is 0.525. The summed E-state index contributed by atoms with van der Waals surface area (Å²) >= 11 is 0. The van der Waals surface area contributed by atoms with Crippen molar-refractivity contribution in [1.82, 2.24) is 0 Å². The van der Waals surface area contributed by atoms with Gasteiger partial charge in [0.1, 0.15) is 0 Å². The molecule has 1 fully saturated rings. The summed E-state index contributed by atoms with van der Waals surface area (Å²) in [6.07, 6.45) is 8.40. The minimum absolute atomic E-state index is 0.174. The summed E-state index contributed by atoms with van der Waals surface area (Å²) in [5.41, 5.74) is -2.24. The fourth-order valence-corrected chi connectivity index (χ4v) is 4.78. The van der Waals surface area contributed by atoms with Crippen LogP contribution in [0.4, 0.5) is 0 Å². The lowest BCUT2D eigenvalue weighted by Gasteiger charge is -2.51. The number of carboxylic acids is 2. The van der Waals surface area contributed by atoms with Crippen LogP contribution in [0, 0.1) is 22.7 Å². The number of unbranched alkanes of at least 4 members (excludes halogenated alkanes) is 3. The minimum atomic E-state index is -1.13. The molecule has 0 aliphatic heterocycles. The van der Waals surface area contributed by atoms with Gasteiger partial charge in [0.15, 0.2) is 0 Å². The molecule has 0 aromatic carbocycles. The lowest BCUT2D eigenvalue weighted by Crippen LogP contribution is -2.57. The SMILES string of the molecule is CC(C)CCCCCCC1(C(=O)O)CCCCC1(C(=O)O)C(C)C. The second-order valence-corrected chi connectivity index (χ2v) is 8.37. The number of carbonyl (C=O) groups is 2. The van der Waals surface area contributed by atoms with Crippen LogP contribution in [0.25, 0.3) is 0 Å². The molecule has 1 rings (SSSR count). The number of hydrogen-bond acceptors (Lipinski definition) is 2. The van der Waals surface area contributed by atoms with Gasteiger partial charge >= 0.3 is 11.9 Å². The predicted molar refractivity (Wildman–Crippen MR) is 96.0 cm³/mol. The maximum Gasteiger partial charge on any atom is 0.311 e.